The van der Waals surface area contributed by atoms with Gasteiger partial charge in [0.15, 0.2) is 0 Å². The molecule has 2 aromatic rings. The van der Waals surface area contributed by atoms with Crippen molar-refractivity contribution in [2.24, 2.45) is 0 Å². The van der Waals surface area contributed by atoms with E-state index in [1.165, 1.54) is 0 Å². The zero-order valence-electron chi connectivity index (χ0n) is 16.6. The Bertz CT molecular complexity index is 982. The molecule has 150 valence electrons. The molecular formula is C21H27N3O3S. The van der Waals surface area contributed by atoms with E-state index in [1.807, 2.05) is 38.1 Å². The minimum atomic E-state index is -3.71. The second kappa shape index (κ2) is 6.97. The van der Waals surface area contributed by atoms with Gasteiger partial charge in [0.2, 0.25) is 0 Å². The lowest BCUT2D eigenvalue weighted by Gasteiger charge is -2.34. The summed E-state index contributed by atoms with van der Waals surface area (Å²) >= 11 is 0. The molecule has 2 aromatic carbocycles. The van der Waals surface area contributed by atoms with Gasteiger partial charge in [0.1, 0.15) is 5.75 Å². The van der Waals surface area contributed by atoms with Crippen molar-refractivity contribution in [1.29, 1.82) is 0 Å². The quantitative estimate of drug-likeness (QED) is 0.853. The van der Waals surface area contributed by atoms with Gasteiger partial charge >= 0.3 is 0 Å². The molecule has 0 amide bonds. The minimum Gasteiger partial charge on any atom is -0.495 e. The van der Waals surface area contributed by atoms with Crippen molar-refractivity contribution < 1.29 is 13.2 Å². The van der Waals surface area contributed by atoms with Crippen molar-refractivity contribution in [2.45, 2.75) is 30.7 Å². The standard InChI is InChI=1S/C21H27N3O3S/c1-21(2)15-16-6-4-5-7-18(16)24(21)28(25,26)17-8-9-20(27-3)19(14-17)23-12-10-22-11-13-23/h4-9,14,22H,10-13,15H2,1-3H3. The molecule has 0 atom stereocenters. The van der Waals surface area contributed by atoms with Crippen molar-refractivity contribution in [3.05, 3.63) is 48.0 Å². The largest absolute Gasteiger partial charge is 0.495 e. The molecule has 1 N–H and O–H groups in total. The van der Waals surface area contributed by atoms with E-state index >= 15 is 0 Å². The average Bonchev–Trinajstić information content (AvgIpc) is 2.98. The number of para-hydroxylation sites is 1. The number of nitrogens with one attached hydrogen (secondary N) is 1. The first-order valence-corrected chi connectivity index (χ1v) is 11.1. The number of methoxy groups -OCH3 is 1. The third kappa shape index (κ3) is 3.12. The summed E-state index contributed by atoms with van der Waals surface area (Å²) in [5.74, 6) is 0.696. The van der Waals surface area contributed by atoms with E-state index in [-0.39, 0.29) is 0 Å². The van der Waals surface area contributed by atoms with Gasteiger partial charge in [-0.25, -0.2) is 8.42 Å². The van der Waals surface area contributed by atoms with Gasteiger partial charge in [0.05, 0.1) is 28.9 Å². The summed E-state index contributed by atoms with van der Waals surface area (Å²) in [4.78, 5) is 2.48. The summed E-state index contributed by atoms with van der Waals surface area (Å²) in [5, 5.41) is 3.32. The van der Waals surface area contributed by atoms with E-state index in [4.69, 9.17) is 4.74 Å². The van der Waals surface area contributed by atoms with E-state index in [2.05, 4.69) is 10.2 Å². The summed E-state index contributed by atoms with van der Waals surface area (Å²) < 4.78 is 34.5. The Balaban J connectivity index is 1.80. The van der Waals surface area contributed by atoms with Crippen LogP contribution in [0.2, 0.25) is 0 Å². The fourth-order valence-corrected chi connectivity index (χ4v) is 6.13. The third-order valence-corrected chi connectivity index (χ3v) is 7.55. The molecule has 0 spiro atoms. The van der Waals surface area contributed by atoms with Crippen LogP contribution in [-0.2, 0) is 16.4 Å². The molecule has 0 bridgehead atoms. The Morgan fingerprint density at radius 3 is 2.46 bits per heavy atom. The van der Waals surface area contributed by atoms with Crippen LogP contribution in [0, 0.1) is 0 Å². The van der Waals surface area contributed by atoms with Crippen LogP contribution >= 0.6 is 0 Å². The van der Waals surface area contributed by atoms with Crippen LogP contribution in [0.15, 0.2) is 47.4 Å². The van der Waals surface area contributed by atoms with Gasteiger partial charge in [-0.2, -0.15) is 0 Å². The first kappa shape index (κ1) is 19.1. The predicted octanol–water partition coefficient (Wildman–Crippen LogP) is 2.63. The number of benzene rings is 2. The number of sulfonamides is 1. The van der Waals surface area contributed by atoms with E-state index in [1.54, 1.807) is 29.6 Å². The minimum absolute atomic E-state index is 0.298. The molecule has 2 aliphatic heterocycles. The Morgan fingerprint density at radius 1 is 1.04 bits per heavy atom. The normalized spacial score (nSPS) is 18.8. The number of rotatable bonds is 4. The lowest BCUT2D eigenvalue weighted by atomic mass is 10.0. The van der Waals surface area contributed by atoms with E-state index in [9.17, 15) is 8.42 Å². The predicted molar refractivity (Wildman–Crippen MR) is 112 cm³/mol. The Hall–Kier alpha value is -2.25. The first-order chi connectivity index (χ1) is 13.3. The van der Waals surface area contributed by atoms with Gasteiger partial charge < -0.3 is 15.0 Å². The monoisotopic (exact) mass is 401 g/mol. The summed E-state index contributed by atoms with van der Waals surface area (Å²) in [5.41, 5.74) is 2.15. The summed E-state index contributed by atoms with van der Waals surface area (Å²) in [6.07, 6.45) is 0.698. The van der Waals surface area contributed by atoms with Crippen molar-refractivity contribution >= 4 is 21.4 Å². The molecule has 1 fully saturated rings. The maximum atomic E-state index is 13.7. The fourth-order valence-electron chi connectivity index (χ4n) is 4.27. The highest BCUT2D eigenvalue weighted by atomic mass is 32.2. The van der Waals surface area contributed by atoms with Crippen molar-refractivity contribution in [3.63, 3.8) is 0 Å². The third-order valence-electron chi connectivity index (χ3n) is 5.53. The first-order valence-electron chi connectivity index (χ1n) is 9.62. The van der Waals surface area contributed by atoms with Crippen LogP contribution in [-0.4, -0.2) is 47.2 Å². The van der Waals surface area contributed by atoms with Crippen molar-refractivity contribution in [1.82, 2.24) is 5.32 Å². The number of hydrogen-bond donors (Lipinski definition) is 1. The highest BCUT2D eigenvalue weighted by Gasteiger charge is 2.43. The molecule has 28 heavy (non-hydrogen) atoms. The van der Waals surface area contributed by atoms with Gasteiger partial charge in [0, 0.05) is 26.2 Å². The molecule has 7 heteroatoms. The molecular weight excluding hydrogens is 374 g/mol. The van der Waals surface area contributed by atoms with Crippen LogP contribution in [0.3, 0.4) is 0 Å². The molecule has 0 aliphatic carbocycles. The highest BCUT2D eigenvalue weighted by Crippen LogP contribution is 2.43. The molecule has 2 aliphatic rings. The summed E-state index contributed by atoms with van der Waals surface area (Å²) in [6.45, 7) is 7.33. The number of fused-ring (bicyclic) bond motifs is 1. The maximum absolute atomic E-state index is 13.7. The van der Waals surface area contributed by atoms with Crippen molar-refractivity contribution in [2.75, 3.05) is 42.5 Å². The maximum Gasteiger partial charge on any atom is 0.264 e. The number of hydrogen-bond acceptors (Lipinski definition) is 5. The topological polar surface area (TPSA) is 61.9 Å². The SMILES string of the molecule is COc1ccc(S(=O)(=O)N2c3ccccc3CC2(C)C)cc1N1CCNCC1. The highest BCUT2D eigenvalue weighted by molar-refractivity contribution is 7.93. The van der Waals surface area contributed by atoms with Gasteiger partial charge in [-0.1, -0.05) is 18.2 Å². The number of ether oxygens (including phenoxy) is 1. The molecule has 0 radical (unpaired) electrons. The second-order valence-corrected chi connectivity index (χ2v) is 9.74. The van der Waals surface area contributed by atoms with Crippen LogP contribution in [0.5, 0.6) is 5.75 Å². The molecule has 0 aromatic heterocycles. The second-order valence-electron chi connectivity index (χ2n) is 7.96. The summed E-state index contributed by atoms with van der Waals surface area (Å²) in [6, 6.07) is 12.9. The van der Waals surface area contributed by atoms with Crippen LogP contribution in [0.4, 0.5) is 11.4 Å². The van der Waals surface area contributed by atoms with Gasteiger partial charge in [0.25, 0.3) is 10.0 Å². The number of piperazine rings is 1. The van der Waals surface area contributed by atoms with Crippen molar-refractivity contribution in [3.8, 4) is 5.75 Å². The summed E-state index contributed by atoms with van der Waals surface area (Å²) in [7, 11) is -2.09. The number of nitrogens with zero attached hydrogens (tertiary/aromatic N) is 2. The molecule has 1 saturated heterocycles. The van der Waals surface area contributed by atoms with Crippen LogP contribution in [0.25, 0.3) is 0 Å². The smallest absolute Gasteiger partial charge is 0.264 e. The van der Waals surface area contributed by atoms with Gasteiger partial charge in [-0.15, -0.1) is 0 Å². The fraction of sp³-hybridized carbons (Fsp3) is 0.429. The lowest BCUT2D eigenvalue weighted by Crippen LogP contribution is -2.45. The lowest BCUT2D eigenvalue weighted by molar-refractivity contribution is 0.412. The van der Waals surface area contributed by atoms with Crippen LogP contribution in [0.1, 0.15) is 19.4 Å². The van der Waals surface area contributed by atoms with E-state index in [0.717, 1.165) is 43.1 Å². The van der Waals surface area contributed by atoms with E-state index < -0.39 is 15.6 Å². The van der Waals surface area contributed by atoms with E-state index in [0.29, 0.717) is 17.1 Å². The Kier molecular flexibility index (Phi) is 4.75. The molecule has 0 saturated carbocycles. The molecule has 2 heterocycles. The average molecular weight is 402 g/mol. The van der Waals surface area contributed by atoms with Gasteiger partial charge in [-0.3, -0.25) is 4.31 Å². The zero-order chi connectivity index (χ0) is 19.9. The molecule has 6 nitrogen and oxygen atoms in total. The zero-order valence-corrected chi connectivity index (χ0v) is 17.4. The Morgan fingerprint density at radius 2 is 1.75 bits per heavy atom. The Labute approximate surface area is 167 Å². The van der Waals surface area contributed by atoms with Crippen LogP contribution < -0.4 is 19.3 Å². The number of anilines is 2. The molecule has 4 rings (SSSR count). The molecule has 0 unspecified atom stereocenters. The van der Waals surface area contributed by atoms with Gasteiger partial charge in [-0.05, 0) is 50.1 Å².